The summed E-state index contributed by atoms with van der Waals surface area (Å²) in [6.45, 7) is 0.554. The third-order valence-corrected chi connectivity index (χ3v) is 3.70. The molecule has 0 saturated carbocycles. The van der Waals surface area contributed by atoms with Gasteiger partial charge in [0.05, 0.1) is 26.4 Å². The van der Waals surface area contributed by atoms with Gasteiger partial charge in [0.15, 0.2) is 17.3 Å². The molecule has 1 saturated heterocycles. The lowest BCUT2D eigenvalue weighted by atomic mass is 10.1. The lowest BCUT2D eigenvalue weighted by Gasteiger charge is -2.08. The number of β-amino-alcohol motifs (C(OH)–C–C–N with tert-alkyl or cyclic N) is 1. The molecule has 1 aromatic carbocycles. The molecule has 2 aromatic rings. The van der Waals surface area contributed by atoms with Crippen molar-refractivity contribution >= 4 is 0 Å². The summed E-state index contributed by atoms with van der Waals surface area (Å²) in [5, 5.41) is 16.7. The van der Waals surface area contributed by atoms with E-state index in [4.69, 9.17) is 14.0 Å². The average Bonchev–Trinajstić information content (AvgIpc) is 3.16. The zero-order chi connectivity index (χ0) is 15.5. The topological polar surface area (TPSA) is 89.6 Å². The van der Waals surface area contributed by atoms with Crippen molar-refractivity contribution in [2.24, 2.45) is 0 Å². The van der Waals surface area contributed by atoms with Crippen LogP contribution in [0.4, 0.5) is 0 Å². The number of nitrogens with zero attached hydrogens (tertiary/aromatic N) is 2. The number of aliphatic hydroxyl groups is 1. The summed E-state index contributed by atoms with van der Waals surface area (Å²) in [5.74, 6) is 2.48. The third kappa shape index (κ3) is 3.05. The fourth-order valence-electron chi connectivity index (χ4n) is 2.56. The van der Waals surface area contributed by atoms with Crippen LogP contribution in [0.5, 0.6) is 11.5 Å². The van der Waals surface area contributed by atoms with Crippen molar-refractivity contribution in [3.63, 3.8) is 0 Å². The highest BCUT2D eigenvalue weighted by Gasteiger charge is 2.28. The van der Waals surface area contributed by atoms with Crippen molar-refractivity contribution in [2.75, 3.05) is 20.8 Å². The zero-order valence-corrected chi connectivity index (χ0v) is 12.6. The van der Waals surface area contributed by atoms with Crippen LogP contribution in [-0.2, 0) is 6.42 Å². The fourth-order valence-corrected chi connectivity index (χ4v) is 2.56. The van der Waals surface area contributed by atoms with Gasteiger partial charge in [-0.05, 0) is 24.1 Å². The monoisotopic (exact) mass is 305 g/mol. The maximum absolute atomic E-state index is 9.53. The molecule has 7 heteroatoms. The number of hydrogen-bond acceptors (Lipinski definition) is 7. The van der Waals surface area contributed by atoms with E-state index in [1.54, 1.807) is 14.2 Å². The smallest absolute Gasteiger partial charge is 0.243 e. The van der Waals surface area contributed by atoms with E-state index in [0.717, 1.165) is 5.56 Å². The van der Waals surface area contributed by atoms with Gasteiger partial charge in [0.2, 0.25) is 5.89 Å². The number of methoxy groups -OCH3 is 2. The number of aliphatic hydroxyl groups excluding tert-OH is 1. The molecule has 2 N–H and O–H groups in total. The summed E-state index contributed by atoms with van der Waals surface area (Å²) in [7, 11) is 3.21. The molecule has 2 atom stereocenters. The van der Waals surface area contributed by atoms with Crippen molar-refractivity contribution in [1.29, 1.82) is 0 Å². The Morgan fingerprint density at radius 3 is 2.82 bits per heavy atom. The average molecular weight is 305 g/mol. The molecule has 1 aliphatic heterocycles. The van der Waals surface area contributed by atoms with Crippen molar-refractivity contribution in [1.82, 2.24) is 15.5 Å². The first-order valence-corrected chi connectivity index (χ1v) is 7.14. The minimum absolute atomic E-state index is 0.0679. The normalized spacial score (nSPS) is 21.0. The summed E-state index contributed by atoms with van der Waals surface area (Å²) in [4.78, 5) is 4.40. The first kappa shape index (κ1) is 14.8. The first-order valence-electron chi connectivity index (χ1n) is 7.14. The number of hydrogen-bond donors (Lipinski definition) is 2. The molecule has 2 heterocycles. The molecule has 118 valence electrons. The molecular formula is C15H19N3O4. The number of benzene rings is 1. The SMILES string of the molecule is COc1ccc(Cc2noc([C@H]3C[C@@H](O)CN3)n2)cc1OC. The third-order valence-electron chi connectivity index (χ3n) is 3.70. The Labute approximate surface area is 128 Å². The summed E-state index contributed by atoms with van der Waals surface area (Å²) < 4.78 is 15.8. The van der Waals surface area contributed by atoms with E-state index in [1.165, 1.54) is 0 Å². The highest BCUT2D eigenvalue weighted by Crippen LogP contribution is 2.28. The standard InChI is InChI=1S/C15H19N3O4/c1-20-12-4-3-9(5-13(12)21-2)6-14-17-15(22-18-14)11-7-10(19)8-16-11/h3-5,10-11,16,19H,6-8H2,1-2H3/t10-,11-/m1/s1. The van der Waals surface area contributed by atoms with Crippen LogP contribution in [0.1, 0.15) is 29.7 Å². The van der Waals surface area contributed by atoms with Crippen LogP contribution in [0.25, 0.3) is 0 Å². The second-order valence-electron chi connectivity index (χ2n) is 5.27. The van der Waals surface area contributed by atoms with Crippen LogP contribution in [0.15, 0.2) is 22.7 Å². The zero-order valence-electron chi connectivity index (χ0n) is 12.6. The first-order chi connectivity index (χ1) is 10.7. The summed E-state index contributed by atoms with van der Waals surface area (Å²) in [5.41, 5.74) is 1.00. The Bertz CT molecular complexity index is 643. The van der Waals surface area contributed by atoms with Gasteiger partial charge in [0.1, 0.15) is 0 Å². The second-order valence-corrected chi connectivity index (χ2v) is 5.27. The van der Waals surface area contributed by atoms with Crippen LogP contribution in [0, 0.1) is 0 Å². The molecule has 0 aliphatic carbocycles. The maximum atomic E-state index is 9.53. The van der Waals surface area contributed by atoms with Gasteiger partial charge in [-0.1, -0.05) is 11.2 Å². The number of rotatable bonds is 5. The van der Waals surface area contributed by atoms with Gasteiger partial charge in [-0.2, -0.15) is 4.98 Å². The van der Waals surface area contributed by atoms with E-state index in [0.29, 0.717) is 42.6 Å². The van der Waals surface area contributed by atoms with Gasteiger partial charge in [0, 0.05) is 13.0 Å². The molecule has 0 spiro atoms. The van der Waals surface area contributed by atoms with E-state index in [1.807, 2.05) is 18.2 Å². The molecule has 0 amide bonds. The maximum Gasteiger partial charge on any atom is 0.243 e. The van der Waals surface area contributed by atoms with Crippen molar-refractivity contribution in [3.8, 4) is 11.5 Å². The molecule has 1 fully saturated rings. The van der Waals surface area contributed by atoms with Crippen LogP contribution < -0.4 is 14.8 Å². The second kappa shape index (κ2) is 6.33. The minimum atomic E-state index is -0.355. The highest BCUT2D eigenvalue weighted by atomic mass is 16.5. The van der Waals surface area contributed by atoms with Crippen LogP contribution >= 0.6 is 0 Å². The Balaban J connectivity index is 1.72. The molecule has 3 rings (SSSR count). The molecule has 0 unspecified atom stereocenters. The quantitative estimate of drug-likeness (QED) is 0.854. The summed E-state index contributed by atoms with van der Waals surface area (Å²) in [6.07, 6.45) is 0.781. The van der Waals surface area contributed by atoms with Crippen molar-refractivity contribution < 1.29 is 19.1 Å². The lowest BCUT2D eigenvalue weighted by Crippen LogP contribution is -2.15. The minimum Gasteiger partial charge on any atom is -0.493 e. The molecule has 1 aliphatic rings. The molecule has 1 aromatic heterocycles. The summed E-state index contributed by atoms with van der Waals surface area (Å²) >= 11 is 0. The van der Waals surface area contributed by atoms with E-state index in [-0.39, 0.29) is 12.1 Å². The molecular weight excluding hydrogens is 286 g/mol. The number of ether oxygens (including phenoxy) is 2. The van der Waals surface area contributed by atoms with E-state index in [9.17, 15) is 5.11 Å². The number of aromatic nitrogens is 2. The molecule has 22 heavy (non-hydrogen) atoms. The predicted molar refractivity (Wildman–Crippen MR) is 78.0 cm³/mol. The van der Waals surface area contributed by atoms with Gasteiger partial charge < -0.3 is 24.4 Å². The predicted octanol–water partition coefficient (Wildman–Crippen LogP) is 1.07. The fraction of sp³-hybridized carbons (Fsp3) is 0.467. The van der Waals surface area contributed by atoms with Crippen LogP contribution in [-0.4, -0.2) is 42.1 Å². The number of nitrogens with one attached hydrogen (secondary N) is 1. The summed E-state index contributed by atoms with van der Waals surface area (Å²) in [6, 6.07) is 5.62. The largest absolute Gasteiger partial charge is 0.493 e. The van der Waals surface area contributed by atoms with E-state index in [2.05, 4.69) is 15.5 Å². The van der Waals surface area contributed by atoms with E-state index >= 15 is 0 Å². The van der Waals surface area contributed by atoms with Crippen molar-refractivity contribution in [2.45, 2.75) is 25.0 Å². The van der Waals surface area contributed by atoms with Crippen LogP contribution in [0.3, 0.4) is 0 Å². The molecule has 0 bridgehead atoms. The van der Waals surface area contributed by atoms with E-state index < -0.39 is 0 Å². The molecule has 7 nitrogen and oxygen atoms in total. The Morgan fingerprint density at radius 2 is 2.14 bits per heavy atom. The van der Waals surface area contributed by atoms with Crippen molar-refractivity contribution in [3.05, 3.63) is 35.5 Å². The lowest BCUT2D eigenvalue weighted by molar-refractivity contribution is 0.191. The van der Waals surface area contributed by atoms with Gasteiger partial charge >= 0.3 is 0 Å². The van der Waals surface area contributed by atoms with Gasteiger partial charge in [-0.25, -0.2) is 0 Å². The van der Waals surface area contributed by atoms with Gasteiger partial charge in [-0.3, -0.25) is 0 Å². The Kier molecular flexibility index (Phi) is 4.26. The van der Waals surface area contributed by atoms with Gasteiger partial charge in [0.25, 0.3) is 0 Å². The highest BCUT2D eigenvalue weighted by molar-refractivity contribution is 5.43. The Hall–Kier alpha value is -2.12. The van der Waals surface area contributed by atoms with Crippen LogP contribution in [0.2, 0.25) is 0 Å². The Morgan fingerprint density at radius 1 is 1.32 bits per heavy atom. The van der Waals surface area contributed by atoms with Gasteiger partial charge in [-0.15, -0.1) is 0 Å². The molecule has 0 radical (unpaired) electrons.